The van der Waals surface area contributed by atoms with Crippen molar-refractivity contribution in [1.29, 1.82) is 0 Å². The minimum absolute atomic E-state index is 0.841. The minimum Gasteiger partial charge on any atom is -0.456 e. The monoisotopic (exact) mass is 667 g/mol. The Kier molecular flexibility index (Phi) is 6.22. The zero-order chi connectivity index (χ0) is 34.2. The molecule has 1 aliphatic heterocycles. The first-order valence-electron chi connectivity index (χ1n) is 17.5. The second-order valence-electron chi connectivity index (χ2n) is 13.3. The number of para-hydroxylation sites is 5. The van der Waals surface area contributed by atoms with Gasteiger partial charge in [-0.1, -0.05) is 109 Å². The number of benzene rings is 8. The largest absolute Gasteiger partial charge is 0.456 e. The molecule has 0 fully saturated rings. The molecule has 0 saturated carbocycles. The van der Waals surface area contributed by atoms with Crippen LogP contribution < -0.4 is 9.64 Å². The summed E-state index contributed by atoms with van der Waals surface area (Å²) in [4.78, 5) is 2.33. The maximum Gasteiger partial charge on any atom is 0.143 e. The van der Waals surface area contributed by atoms with Gasteiger partial charge in [0.25, 0.3) is 0 Å². The van der Waals surface area contributed by atoms with E-state index in [9.17, 15) is 0 Å². The molecule has 4 heteroatoms. The van der Waals surface area contributed by atoms with Crippen LogP contribution in [0.4, 0.5) is 17.1 Å². The van der Waals surface area contributed by atoms with E-state index in [0.29, 0.717) is 0 Å². The molecular formula is C48H29NO3. The lowest BCUT2D eigenvalue weighted by molar-refractivity contribution is 0.488. The fourth-order valence-electron chi connectivity index (χ4n) is 7.87. The molecule has 3 heterocycles. The SMILES string of the molecule is c1ccc2c(c1)Oc1ccccc1-c1cc(N(c3ccc(-c4cccc5c4oc4ccccc45)cc3)c3ccc4oc5ccccc5c4c3)ccc1-2. The smallest absolute Gasteiger partial charge is 0.143 e. The molecule has 0 saturated heterocycles. The number of anilines is 3. The number of ether oxygens (including phenoxy) is 1. The maximum absolute atomic E-state index is 6.51. The van der Waals surface area contributed by atoms with Crippen LogP contribution in [0.1, 0.15) is 0 Å². The van der Waals surface area contributed by atoms with Gasteiger partial charge < -0.3 is 18.5 Å². The molecule has 0 bridgehead atoms. The third-order valence-corrected chi connectivity index (χ3v) is 10.3. The molecule has 1 aliphatic rings. The van der Waals surface area contributed by atoms with Crippen molar-refractivity contribution < 1.29 is 13.6 Å². The second kappa shape index (κ2) is 11.2. The Bertz CT molecular complexity index is 3000. The van der Waals surface area contributed by atoms with Gasteiger partial charge >= 0.3 is 0 Å². The first kappa shape index (κ1) is 28.8. The van der Waals surface area contributed by atoms with Crippen molar-refractivity contribution in [2.75, 3.05) is 4.90 Å². The molecule has 0 unspecified atom stereocenters. The molecule has 52 heavy (non-hydrogen) atoms. The van der Waals surface area contributed by atoms with Gasteiger partial charge in [0, 0.05) is 55.3 Å². The predicted molar refractivity (Wildman–Crippen MR) is 212 cm³/mol. The fourth-order valence-corrected chi connectivity index (χ4v) is 7.87. The van der Waals surface area contributed by atoms with Crippen LogP contribution in [0.25, 0.3) is 77.3 Å². The highest BCUT2D eigenvalue weighted by atomic mass is 16.5. The van der Waals surface area contributed by atoms with Crippen LogP contribution >= 0.6 is 0 Å². The van der Waals surface area contributed by atoms with Crippen LogP contribution in [0.5, 0.6) is 11.5 Å². The number of hydrogen-bond donors (Lipinski definition) is 0. The molecular weight excluding hydrogens is 639 g/mol. The van der Waals surface area contributed by atoms with E-state index in [2.05, 4.69) is 132 Å². The summed E-state index contributed by atoms with van der Waals surface area (Å²) in [6.07, 6.45) is 0. The lowest BCUT2D eigenvalue weighted by atomic mass is 9.93. The zero-order valence-corrected chi connectivity index (χ0v) is 27.9. The summed E-state index contributed by atoms with van der Waals surface area (Å²) in [6.45, 7) is 0. The summed E-state index contributed by atoms with van der Waals surface area (Å²) in [5, 5.41) is 4.42. The van der Waals surface area contributed by atoms with Gasteiger partial charge in [0.1, 0.15) is 33.8 Å². The van der Waals surface area contributed by atoms with Gasteiger partial charge in [-0.05, 0) is 83.4 Å². The van der Waals surface area contributed by atoms with Crippen molar-refractivity contribution in [3.8, 4) is 44.9 Å². The average molecular weight is 668 g/mol. The van der Waals surface area contributed by atoms with E-state index in [4.69, 9.17) is 13.6 Å². The molecule has 0 N–H and O–H groups in total. The van der Waals surface area contributed by atoms with Crippen LogP contribution in [-0.4, -0.2) is 0 Å². The molecule has 4 nitrogen and oxygen atoms in total. The van der Waals surface area contributed by atoms with E-state index in [1.165, 1.54) is 0 Å². The van der Waals surface area contributed by atoms with E-state index < -0.39 is 0 Å². The third-order valence-electron chi connectivity index (χ3n) is 10.3. The highest BCUT2D eigenvalue weighted by molar-refractivity contribution is 6.10. The van der Waals surface area contributed by atoms with Gasteiger partial charge in [-0.25, -0.2) is 0 Å². The number of furan rings is 2. The molecule has 10 aromatic rings. The van der Waals surface area contributed by atoms with Crippen molar-refractivity contribution in [3.63, 3.8) is 0 Å². The highest BCUT2D eigenvalue weighted by Crippen LogP contribution is 2.49. The van der Waals surface area contributed by atoms with Crippen molar-refractivity contribution in [1.82, 2.24) is 0 Å². The molecule has 0 amide bonds. The topological polar surface area (TPSA) is 38.8 Å². The summed E-state index contributed by atoms with van der Waals surface area (Å²) in [5.74, 6) is 1.69. The van der Waals surface area contributed by atoms with Crippen LogP contribution in [-0.2, 0) is 0 Å². The van der Waals surface area contributed by atoms with E-state index in [1.807, 2.05) is 48.5 Å². The van der Waals surface area contributed by atoms with Crippen molar-refractivity contribution >= 4 is 60.9 Å². The summed E-state index contributed by atoms with van der Waals surface area (Å²) in [6, 6.07) is 61.4. The highest BCUT2D eigenvalue weighted by Gasteiger charge is 2.23. The Hall–Kier alpha value is -7.04. The Morgan fingerprint density at radius 2 is 0.885 bits per heavy atom. The van der Waals surface area contributed by atoms with Crippen LogP contribution in [0.3, 0.4) is 0 Å². The number of rotatable bonds is 4. The average Bonchev–Trinajstić information content (AvgIpc) is 3.73. The molecule has 0 radical (unpaired) electrons. The first-order chi connectivity index (χ1) is 25.8. The number of nitrogens with zero attached hydrogens (tertiary/aromatic N) is 1. The van der Waals surface area contributed by atoms with Gasteiger partial charge in [0.05, 0.1) is 0 Å². The van der Waals surface area contributed by atoms with Crippen LogP contribution in [0.15, 0.2) is 185 Å². The van der Waals surface area contributed by atoms with Crippen molar-refractivity contribution in [3.05, 3.63) is 176 Å². The van der Waals surface area contributed by atoms with Crippen molar-refractivity contribution in [2.24, 2.45) is 0 Å². The summed E-state index contributed by atoms with van der Waals surface area (Å²) in [5.41, 5.74) is 13.2. The minimum atomic E-state index is 0.841. The number of fused-ring (bicyclic) bond motifs is 11. The molecule has 2 aromatic heterocycles. The Morgan fingerprint density at radius 3 is 1.67 bits per heavy atom. The van der Waals surface area contributed by atoms with E-state index >= 15 is 0 Å². The molecule has 244 valence electrons. The number of hydrogen-bond acceptors (Lipinski definition) is 4. The molecule has 11 rings (SSSR count). The van der Waals surface area contributed by atoms with Gasteiger partial charge in [0.2, 0.25) is 0 Å². The van der Waals surface area contributed by atoms with Gasteiger partial charge in [0.15, 0.2) is 0 Å². The lowest BCUT2D eigenvalue weighted by Crippen LogP contribution is -2.10. The Balaban J connectivity index is 1.11. The summed E-state index contributed by atoms with van der Waals surface area (Å²) < 4.78 is 19.2. The standard InChI is InChI=1S/C48H29NO3/c1-5-16-43-36(10-1)35-26-24-32(28-41(35)38-12-3-6-17-44(38)50-43)49(33-25-27-47-42(29-33)39-13-4-7-18-45(39)51-47)31-22-20-30(21-23-31)34-14-9-15-40-37-11-2-8-19-46(37)52-48(34)40/h1-29H. The molecule has 0 spiro atoms. The van der Waals surface area contributed by atoms with Gasteiger partial charge in [-0.3, -0.25) is 0 Å². The Morgan fingerprint density at radius 1 is 0.327 bits per heavy atom. The van der Waals surface area contributed by atoms with E-state index in [-0.39, 0.29) is 0 Å². The maximum atomic E-state index is 6.51. The van der Waals surface area contributed by atoms with Crippen LogP contribution in [0.2, 0.25) is 0 Å². The molecule has 8 aromatic carbocycles. The molecule has 0 atom stereocenters. The second-order valence-corrected chi connectivity index (χ2v) is 13.3. The summed E-state index contributed by atoms with van der Waals surface area (Å²) in [7, 11) is 0. The van der Waals surface area contributed by atoms with E-state index in [0.717, 1.165) is 106 Å². The third kappa shape index (κ3) is 4.41. The van der Waals surface area contributed by atoms with Crippen molar-refractivity contribution in [2.45, 2.75) is 0 Å². The first-order valence-corrected chi connectivity index (χ1v) is 17.5. The summed E-state index contributed by atoms with van der Waals surface area (Å²) >= 11 is 0. The normalized spacial score (nSPS) is 12.0. The zero-order valence-electron chi connectivity index (χ0n) is 27.9. The van der Waals surface area contributed by atoms with Gasteiger partial charge in [-0.2, -0.15) is 0 Å². The quantitative estimate of drug-likeness (QED) is 0.187. The lowest BCUT2D eigenvalue weighted by Gasteiger charge is -2.27. The molecule has 0 aliphatic carbocycles. The van der Waals surface area contributed by atoms with E-state index in [1.54, 1.807) is 0 Å². The van der Waals surface area contributed by atoms with Crippen LogP contribution in [0, 0.1) is 0 Å². The predicted octanol–water partition coefficient (Wildman–Crippen LogP) is 14.1. The van der Waals surface area contributed by atoms with Gasteiger partial charge in [-0.15, -0.1) is 0 Å². The Labute approximate surface area is 299 Å². The fraction of sp³-hybridized carbons (Fsp3) is 0.